The number of esters is 1. The maximum atomic E-state index is 12.8. The highest BCUT2D eigenvalue weighted by molar-refractivity contribution is 5.99. The van der Waals surface area contributed by atoms with E-state index in [9.17, 15) is 14.4 Å². The summed E-state index contributed by atoms with van der Waals surface area (Å²) in [6.07, 6.45) is 3.18. The molecule has 0 N–H and O–H groups in total. The number of carbonyl (C=O) groups is 3. The molecule has 2 saturated carbocycles. The smallest absolute Gasteiger partial charge is 0.303 e. The summed E-state index contributed by atoms with van der Waals surface area (Å²) in [5.41, 5.74) is 2.47. The first-order chi connectivity index (χ1) is 12.0. The van der Waals surface area contributed by atoms with Gasteiger partial charge in [-0.05, 0) is 62.0 Å². The zero-order chi connectivity index (χ0) is 19.6. The van der Waals surface area contributed by atoms with Crippen LogP contribution in [-0.2, 0) is 19.1 Å². The summed E-state index contributed by atoms with van der Waals surface area (Å²) < 4.78 is 5.57. The molecule has 2 aliphatic rings. The Kier molecular flexibility index (Phi) is 6.25. The third-order valence-corrected chi connectivity index (χ3v) is 6.14. The van der Waals surface area contributed by atoms with Gasteiger partial charge >= 0.3 is 5.97 Å². The highest BCUT2D eigenvalue weighted by Gasteiger charge is 2.48. The van der Waals surface area contributed by atoms with Crippen molar-refractivity contribution in [3.05, 3.63) is 23.3 Å². The van der Waals surface area contributed by atoms with Crippen LogP contribution in [0.3, 0.4) is 0 Å². The van der Waals surface area contributed by atoms with Crippen LogP contribution in [0.2, 0.25) is 0 Å². The second-order valence-corrected chi connectivity index (χ2v) is 8.63. The Labute approximate surface area is 157 Å². The molecule has 2 rings (SSSR count). The largest absolute Gasteiger partial charge is 0.458 e. The van der Waals surface area contributed by atoms with Gasteiger partial charge in [0.05, 0.1) is 0 Å². The number of Topliss-reactive ketones (excluding diaryl/α,β-unsaturated/α-hetero) is 2. The predicted molar refractivity (Wildman–Crippen MR) is 102 cm³/mol. The van der Waals surface area contributed by atoms with Crippen LogP contribution in [0.1, 0.15) is 73.1 Å². The maximum absolute atomic E-state index is 12.8. The molecular formula is C22H32O4. The monoisotopic (exact) mass is 360 g/mol. The van der Waals surface area contributed by atoms with Crippen molar-refractivity contribution in [2.24, 2.45) is 17.3 Å². The molecular weight excluding hydrogens is 328 g/mol. The number of ether oxygens (including phenoxy) is 1. The standard InChI is InChI=1S/C22H32O4/c1-13(2)21-17-9-7-14(3)18(24)10-8-15(4)20(26-16(5)23)12-22(17,6)11-19(21)25/h14,17,20H,4,7-12H2,1-3,5-6H3/t14-,17+,20-,22-/m0/s1. The molecule has 0 amide bonds. The number of allylic oxidation sites excluding steroid dienone is 2. The average Bonchev–Trinajstić information content (AvgIpc) is 2.77. The van der Waals surface area contributed by atoms with E-state index in [2.05, 4.69) is 13.5 Å². The normalized spacial score (nSPS) is 33.5. The number of ketones is 2. The van der Waals surface area contributed by atoms with Crippen molar-refractivity contribution in [3.63, 3.8) is 0 Å². The van der Waals surface area contributed by atoms with Crippen molar-refractivity contribution < 1.29 is 19.1 Å². The summed E-state index contributed by atoms with van der Waals surface area (Å²) >= 11 is 0. The molecule has 0 heterocycles. The van der Waals surface area contributed by atoms with Crippen LogP contribution >= 0.6 is 0 Å². The highest BCUT2D eigenvalue weighted by atomic mass is 16.5. The second-order valence-electron chi connectivity index (χ2n) is 8.63. The van der Waals surface area contributed by atoms with Crippen LogP contribution in [0.5, 0.6) is 0 Å². The van der Waals surface area contributed by atoms with Crippen molar-refractivity contribution in [3.8, 4) is 0 Å². The molecule has 0 unspecified atom stereocenters. The molecule has 2 aliphatic carbocycles. The van der Waals surface area contributed by atoms with E-state index in [1.807, 2.05) is 20.8 Å². The molecule has 0 saturated heterocycles. The second kappa shape index (κ2) is 7.89. The van der Waals surface area contributed by atoms with E-state index < -0.39 is 6.10 Å². The molecule has 4 nitrogen and oxygen atoms in total. The van der Waals surface area contributed by atoms with Crippen LogP contribution < -0.4 is 0 Å². The van der Waals surface area contributed by atoms with Crippen LogP contribution in [0.4, 0.5) is 0 Å². The first kappa shape index (κ1) is 20.6. The molecule has 0 bridgehead atoms. The molecule has 4 atom stereocenters. The minimum atomic E-state index is -0.439. The van der Waals surface area contributed by atoms with Crippen molar-refractivity contribution >= 4 is 17.5 Å². The SMILES string of the molecule is C=C1CCC(=O)[C@@H](C)CC[C@@H]2C(=C(C)C)C(=O)C[C@@]2(C)C[C@@H]1OC(C)=O. The molecule has 2 fully saturated rings. The number of hydrogen-bond donors (Lipinski definition) is 0. The molecule has 0 aliphatic heterocycles. The fourth-order valence-corrected chi connectivity index (χ4v) is 4.62. The minimum absolute atomic E-state index is 0.0218. The average molecular weight is 360 g/mol. The number of rotatable bonds is 1. The summed E-state index contributed by atoms with van der Waals surface area (Å²) in [5.74, 6) is 0.142. The topological polar surface area (TPSA) is 60.4 Å². The third-order valence-electron chi connectivity index (χ3n) is 6.14. The Morgan fingerprint density at radius 1 is 1.15 bits per heavy atom. The van der Waals surface area contributed by atoms with Gasteiger partial charge in [0.15, 0.2) is 5.78 Å². The Morgan fingerprint density at radius 2 is 1.81 bits per heavy atom. The Morgan fingerprint density at radius 3 is 2.38 bits per heavy atom. The summed E-state index contributed by atoms with van der Waals surface area (Å²) in [6, 6.07) is 0. The van der Waals surface area contributed by atoms with Gasteiger partial charge in [-0.25, -0.2) is 0 Å². The quantitative estimate of drug-likeness (QED) is 0.390. The van der Waals surface area contributed by atoms with Crippen molar-refractivity contribution in [1.82, 2.24) is 0 Å². The Balaban J connectivity index is 2.45. The van der Waals surface area contributed by atoms with E-state index in [0.29, 0.717) is 25.7 Å². The zero-order valence-corrected chi connectivity index (χ0v) is 16.8. The van der Waals surface area contributed by atoms with E-state index >= 15 is 0 Å². The Hall–Kier alpha value is -1.71. The summed E-state index contributed by atoms with van der Waals surface area (Å²) in [4.78, 5) is 36.8. The van der Waals surface area contributed by atoms with E-state index in [-0.39, 0.29) is 34.8 Å². The first-order valence-corrected chi connectivity index (χ1v) is 9.63. The van der Waals surface area contributed by atoms with Crippen molar-refractivity contribution in [1.29, 1.82) is 0 Å². The Bertz CT molecular complexity index is 653. The molecule has 26 heavy (non-hydrogen) atoms. The fraction of sp³-hybridized carbons (Fsp3) is 0.682. The number of fused-ring (bicyclic) bond motifs is 1. The van der Waals surface area contributed by atoms with Crippen molar-refractivity contribution in [2.75, 3.05) is 0 Å². The lowest BCUT2D eigenvalue weighted by molar-refractivity contribution is -0.146. The summed E-state index contributed by atoms with van der Waals surface area (Å²) in [6.45, 7) is 13.6. The third kappa shape index (κ3) is 4.33. The van der Waals surface area contributed by atoms with Crippen LogP contribution in [0, 0.1) is 17.3 Å². The van der Waals surface area contributed by atoms with E-state index in [0.717, 1.165) is 29.6 Å². The lowest BCUT2D eigenvalue weighted by Gasteiger charge is -2.35. The van der Waals surface area contributed by atoms with Gasteiger partial charge in [-0.3, -0.25) is 14.4 Å². The fourth-order valence-electron chi connectivity index (χ4n) is 4.62. The molecule has 4 heteroatoms. The molecule has 0 radical (unpaired) electrons. The van der Waals surface area contributed by atoms with Crippen LogP contribution in [0.25, 0.3) is 0 Å². The van der Waals surface area contributed by atoms with E-state index in [1.54, 1.807) is 0 Å². The van der Waals surface area contributed by atoms with E-state index in [4.69, 9.17) is 4.74 Å². The van der Waals surface area contributed by atoms with Gasteiger partial charge in [0.25, 0.3) is 0 Å². The lowest BCUT2D eigenvalue weighted by Crippen LogP contribution is -2.31. The molecule has 144 valence electrons. The summed E-state index contributed by atoms with van der Waals surface area (Å²) in [5, 5.41) is 0. The molecule has 0 aromatic heterocycles. The maximum Gasteiger partial charge on any atom is 0.303 e. The minimum Gasteiger partial charge on any atom is -0.458 e. The van der Waals surface area contributed by atoms with Gasteiger partial charge in [-0.1, -0.05) is 26.0 Å². The van der Waals surface area contributed by atoms with Crippen molar-refractivity contribution in [2.45, 2.75) is 79.2 Å². The van der Waals surface area contributed by atoms with Crippen LogP contribution in [-0.4, -0.2) is 23.6 Å². The predicted octanol–water partition coefficient (Wildman–Crippen LogP) is 4.58. The number of hydrogen-bond acceptors (Lipinski definition) is 4. The van der Waals surface area contributed by atoms with Gasteiger partial charge < -0.3 is 4.74 Å². The molecule has 0 spiro atoms. The van der Waals surface area contributed by atoms with Gasteiger partial charge in [0, 0.05) is 25.7 Å². The highest BCUT2D eigenvalue weighted by Crippen LogP contribution is 2.52. The van der Waals surface area contributed by atoms with Gasteiger partial charge in [0.2, 0.25) is 0 Å². The van der Waals surface area contributed by atoms with E-state index in [1.165, 1.54) is 6.92 Å². The van der Waals surface area contributed by atoms with Gasteiger partial charge in [-0.15, -0.1) is 0 Å². The number of carbonyl (C=O) groups excluding carboxylic acids is 3. The zero-order valence-electron chi connectivity index (χ0n) is 16.8. The van der Waals surface area contributed by atoms with Gasteiger partial charge in [0.1, 0.15) is 11.9 Å². The molecule has 0 aromatic carbocycles. The lowest BCUT2D eigenvalue weighted by atomic mass is 9.71. The van der Waals surface area contributed by atoms with Gasteiger partial charge in [-0.2, -0.15) is 0 Å². The van der Waals surface area contributed by atoms with Crippen LogP contribution in [0.15, 0.2) is 23.3 Å². The first-order valence-electron chi connectivity index (χ1n) is 9.63. The summed E-state index contributed by atoms with van der Waals surface area (Å²) in [7, 11) is 0. The molecule has 0 aromatic rings.